The van der Waals surface area contributed by atoms with E-state index < -0.39 is 0 Å². The minimum absolute atomic E-state index is 0.154. The molecule has 0 N–H and O–H groups in total. The molecule has 1 aliphatic rings. The topological polar surface area (TPSA) is 0 Å². The Morgan fingerprint density at radius 2 is 1.05 bits per heavy atom. The first-order valence-electron chi connectivity index (χ1n) is 14.5. The van der Waals surface area contributed by atoms with Gasteiger partial charge in [-0.25, -0.2) is 0 Å². The Labute approximate surface area is 235 Å². The number of hydrogen-bond donors (Lipinski definition) is 0. The quantitative estimate of drug-likeness (QED) is 0.202. The van der Waals surface area contributed by atoms with Crippen molar-refractivity contribution in [3.05, 3.63) is 132 Å². The molecule has 192 valence electrons. The number of rotatable bonds is 2. The van der Waals surface area contributed by atoms with E-state index in [2.05, 4.69) is 136 Å². The van der Waals surface area contributed by atoms with Crippen LogP contribution in [0.4, 0.5) is 0 Å². The maximum absolute atomic E-state index is 2.47. The van der Waals surface area contributed by atoms with Crippen LogP contribution in [0.5, 0.6) is 0 Å². The van der Waals surface area contributed by atoms with E-state index in [1.807, 2.05) is 0 Å². The van der Waals surface area contributed by atoms with Gasteiger partial charge in [-0.2, -0.15) is 0 Å². The molecule has 1 aliphatic carbocycles. The van der Waals surface area contributed by atoms with Crippen molar-refractivity contribution in [2.24, 2.45) is 0 Å². The highest BCUT2D eigenvalue weighted by Crippen LogP contribution is 2.42. The van der Waals surface area contributed by atoms with Crippen molar-refractivity contribution in [2.45, 2.75) is 39.0 Å². The van der Waals surface area contributed by atoms with Gasteiger partial charge in [-0.05, 0) is 118 Å². The highest BCUT2D eigenvalue weighted by Gasteiger charge is 2.21. The molecule has 7 aromatic carbocycles. The van der Waals surface area contributed by atoms with Gasteiger partial charge >= 0.3 is 0 Å². The molecule has 7 aromatic rings. The van der Waals surface area contributed by atoms with Crippen LogP contribution in [0.15, 0.2) is 115 Å². The minimum atomic E-state index is 0.154. The first-order chi connectivity index (χ1) is 19.4. The number of aryl methyl sites for hydroxylation is 2. The molecule has 0 radical (unpaired) electrons. The van der Waals surface area contributed by atoms with E-state index in [9.17, 15) is 0 Å². The SMILES string of the molecule is CC(C)(C)c1cc2c3c(ccc4c(-c5ccc6cc(-c7ccc8ccccc8c7)ccc6c5)ccc(c43)CC2)c1. The van der Waals surface area contributed by atoms with Crippen molar-refractivity contribution in [3.63, 3.8) is 0 Å². The lowest BCUT2D eigenvalue weighted by molar-refractivity contribution is 0.590. The first kappa shape index (κ1) is 23.5. The normalized spacial score (nSPS) is 13.2. The standard InChI is InChI=1S/C40H32/c1-40(2,3)35-23-33-15-9-26-16-18-36(37-19-17-34(24-35)38(33)39(26)37)32-14-13-30-21-29(11-12-31(30)22-32)28-10-8-25-6-4-5-7-27(25)20-28/h4-8,10-14,16-24H,9,15H2,1-3H3. The summed E-state index contributed by atoms with van der Waals surface area (Å²) in [4.78, 5) is 0. The van der Waals surface area contributed by atoms with Crippen LogP contribution in [0.25, 0.3) is 65.3 Å². The van der Waals surface area contributed by atoms with Crippen molar-refractivity contribution in [3.8, 4) is 22.3 Å². The molecule has 0 nitrogen and oxygen atoms in total. The third-order valence-corrected chi connectivity index (χ3v) is 9.03. The first-order valence-corrected chi connectivity index (χ1v) is 14.5. The molecule has 40 heavy (non-hydrogen) atoms. The number of fused-ring (bicyclic) bond motifs is 2. The predicted molar refractivity (Wildman–Crippen MR) is 173 cm³/mol. The van der Waals surface area contributed by atoms with Crippen LogP contribution in [0.3, 0.4) is 0 Å². The van der Waals surface area contributed by atoms with Gasteiger partial charge in [0.1, 0.15) is 0 Å². The molecular weight excluding hydrogens is 480 g/mol. The van der Waals surface area contributed by atoms with Gasteiger partial charge in [-0.15, -0.1) is 0 Å². The second-order valence-corrected chi connectivity index (χ2v) is 12.6. The third-order valence-electron chi connectivity index (χ3n) is 9.03. The minimum Gasteiger partial charge on any atom is -0.0616 e. The molecule has 0 unspecified atom stereocenters. The molecule has 0 aromatic heterocycles. The monoisotopic (exact) mass is 512 g/mol. The highest BCUT2D eigenvalue weighted by atomic mass is 14.3. The molecular formula is C40H32. The Kier molecular flexibility index (Phi) is 5.01. The Morgan fingerprint density at radius 3 is 1.80 bits per heavy atom. The van der Waals surface area contributed by atoms with Crippen molar-refractivity contribution >= 4 is 43.1 Å². The number of benzene rings is 7. The average molecular weight is 513 g/mol. The Bertz CT molecular complexity index is 2140. The molecule has 0 heteroatoms. The van der Waals surface area contributed by atoms with E-state index >= 15 is 0 Å². The molecule has 0 bridgehead atoms. The van der Waals surface area contributed by atoms with Crippen molar-refractivity contribution in [2.75, 3.05) is 0 Å². The largest absolute Gasteiger partial charge is 0.0616 e. The van der Waals surface area contributed by atoms with Crippen LogP contribution in [0, 0.1) is 0 Å². The molecule has 0 saturated carbocycles. The summed E-state index contributed by atoms with van der Waals surface area (Å²) in [6, 6.07) is 43.5. The van der Waals surface area contributed by atoms with E-state index in [-0.39, 0.29) is 5.41 Å². The fourth-order valence-electron chi connectivity index (χ4n) is 6.79. The van der Waals surface area contributed by atoms with Gasteiger partial charge in [0.15, 0.2) is 0 Å². The van der Waals surface area contributed by atoms with Crippen LogP contribution in [0.2, 0.25) is 0 Å². The van der Waals surface area contributed by atoms with Gasteiger partial charge in [0, 0.05) is 0 Å². The van der Waals surface area contributed by atoms with Crippen molar-refractivity contribution in [1.29, 1.82) is 0 Å². The molecule has 0 saturated heterocycles. The van der Waals surface area contributed by atoms with Gasteiger partial charge in [0.05, 0.1) is 0 Å². The van der Waals surface area contributed by atoms with Gasteiger partial charge < -0.3 is 0 Å². The lowest BCUT2D eigenvalue weighted by Crippen LogP contribution is -2.13. The van der Waals surface area contributed by atoms with E-state index in [1.54, 1.807) is 0 Å². The summed E-state index contributed by atoms with van der Waals surface area (Å²) in [6.45, 7) is 6.95. The second-order valence-electron chi connectivity index (χ2n) is 12.6. The molecule has 0 atom stereocenters. The average Bonchev–Trinajstić information content (AvgIpc) is 2.98. The van der Waals surface area contributed by atoms with E-state index in [4.69, 9.17) is 0 Å². The Morgan fingerprint density at radius 1 is 0.450 bits per heavy atom. The van der Waals surface area contributed by atoms with Gasteiger partial charge in [0.25, 0.3) is 0 Å². The third kappa shape index (κ3) is 3.67. The summed E-state index contributed by atoms with van der Waals surface area (Å²) in [6.07, 6.45) is 2.24. The zero-order valence-corrected chi connectivity index (χ0v) is 23.4. The van der Waals surface area contributed by atoms with Gasteiger partial charge in [0.2, 0.25) is 0 Å². The van der Waals surface area contributed by atoms with Crippen LogP contribution in [0.1, 0.15) is 37.5 Å². The van der Waals surface area contributed by atoms with E-state index in [0.29, 0.717) is 0 Å². The second kappa shape index (κ2) is 8.54. The number of hydrogen-bond acceptors (Lipinski definition) is 0. The maximum atomic E-state index is 2.47. The smallest absolute Gasteiger partial charge is 0.00642 e. The molecule has 0 heterocycles. The molecule has 0 amide bonds. The Balaban J connectivity index is 1.25. The van der Waals surface area contributed by atoms with Crippen molar-refractivity contribution in [1.82, 2.24) is 0 Å². The summed E-state index contributed by atoms with van der Waals surface area (Å²) < 4.78 is 0. The van der Waals surface area contributed by atoms with Crippen LogP contribution >= 0.6 is 0 Å². The Hall–Kier alpha value is -4.42. The fourth-order valence-corrected chi connectivity index (χ4v) is 6.79. The van der Waals surface area contributed by atoms with Crippen LogP contribution in [-0.4, -0.2) is 0 Å². The molecule has 0 fully saturated rings. The molecule has 0 aliphatic heterocycles. The highest BCUT2D eigenvalue weighted by molar-refractivity contribution is 6.16. The summed E-state index contributed by atoms with van der Waals surface area (Å²) in [7, 11) is 0. The summed E-state index contributed by atoms with van der Waals surface area (Å²) in [5, 5.41) is 10.8. The summed E-state index contributed by atoms with van der Waals surface area (Å²) in [5.74, 6) is 0. The van der Waals surface area contributed by atoms with E-state index in [1.165, 1.54) is 82.0 Å². The predicted octanol–water partition coefficient (Wildman–Crippen LogP) is 11.0. The van der Waals surface area contributed by atoms with Gasteiger partial charge in [-0.3, -0.25) is 0 Å². The zero-order chi connectivity index (χ0) is 27.0. The zero-order valence-electron chi connectivity index (χ0n) is 23.4. The summed E-state index contributed by atoms with van der Waals surface area (Å²) >= 11 is 0. The summed E-state index contributed by atoms with van der Waals surface area (Å²) in [5.41, 5.74) is 9.73. The van der Waals surface area contributed by atoms with Gasteiger partial charge in [-0.1, -0.05) is 118 Å². The lowest BCUT2D eigenvalue weighted by Gasteiger charge is -2.25. The lowest BCUT2D eigenvalue weighted by atomic mass is 9.79. The van der Waals surface area contributed by atoms with Crippen LogP contribution < -0.4 is 0 Å². The molecule has 8 rings (SSSR count). The fraction of sp³-hybridized carbons (Fsp3) is 0.150. The van der Waals surface area contributed by atoms with E-state index in [0.717, 1.165) is 12.8 Å². The molecule has 0 spiro atoms. The van der Waals surface area contributed by atoms with Crippen LogP contribution in [-0.2, 0) is 18.3 Å². The maximum Gasteiger partial charge on any atom is -0.00642 e. The van der Waals surface area contributed by atoms with Crippen molar-refractivity contribution < 1.29 is 0 Å².